The van der Waals surface area contributed by atoms with Gasteiger partial charge in [-0.3, -0.25) is 0 Å². The summed E-state index contributed by atoms with van der Waals surface area (Å²) in [6.45, 7) is 5.96. The van der Waals surface area contributed by atoms with Gasteiger partial charge in [-0.1, -0.05) is 17.7 Å². The maximum Gasteiger partial charge on any atom is 0.132 e. The highest BCUT2D eigenvalue weighted by Gasteiger charge is 2.10. The van der Waals surface area contributed by atoms with E-state index >= 15 is 0 Å². The summed E-state index contributed by atoms with van der Waals surface area (Å²) in [6, 6.07) is 8.37. The van der Waals surface area contributed by atoms with E-state index in [1.165, 1.54) is 22.7 Å². The third kappa shape index (κ3) is 2.29. The summed E-state index contributed by atoms with van der Waals surface area (Å²) in [5, 5.41) is 13.1. The molecule has 0 saturated heterocycles. The van der Waals surface area contributed by atoms with Crippen LogP contribution in [0.1, 0.15) is 22.4 Å². The molecule has 0 saturated carbocycles. The molecule has 0 unspecified atom stereocenters. The zero-order valence-corrected chi connectivity index (χ0v) is 10.9. The van der Waals surface area contributed by atoms with Gasteiger partial charge in [-0.2, -0.15) is 9.64 Å². The summed E-state index contributed by atoms with van der Waals surface area (Å²) in [6.07, 6.45) is 0. The van der Waals surface area contributed by atoms with Crippen LogP contribution in [0.3, 0.4) is 0 Å². The molecule has 3 nitrogen and oxygen atoms in total. The Morgan fingerprint density at radius 3 is 2.71 bits per heavy atom. The maximum absolute atomic E-state index is 9.06. The van der Waals surface area contributed by atoms with Gasteiger partial charge in [0, 0.05) is 5.69 Å². The van der Waals surface area contributed by atoms with Crippen LogP contribution in [0, 0.1) is 32.1 Å². The van der Waals surface area contributed by atoms with Gasteiger partial charge in [0.05, 0.1) is 5.69 Å². The Bertz CT molecular complexity index is 593. The zero-order valence-electron chi connectivity index (χ0n) is 10.0. The van der Waals surface area contributed by atoms with E-state index in [0.717, 1.165) is 16.4 Å². The zero-order chi connectivity index (χ0) is 12.4. The standard InChI is InChI=1S/C13H13N3S/c1-8-4-5-12(9(2)6-8)15-13-11(7-14)10(3)16-17-13/h4-6,15H,1-3H3. The van der Waals surface area contributed by atoms with E-state index in [1.807, 2.05) is 13.0 Å². The minimum Gasteiger partial charge on any atom is -0.345 e. The molecular weight excluding hydrogens is 230 g/mol. The van der Waals surface area contributed by atoms with Gasteiger partial charge in [0.1, 0.15) is 16.6 Å². The highest BCUT2D eigenvalue weighted by atomic mass is 32.1. The summed E-state index contributed by atoms with van der Waals surface area (Å²) in [5.41, 5.74) is 4.84. The lowest BCUT2D eigenvalue weighted by atomic mass is 10.1. The molecule has 0 aliphatic rings. The first-order valence-corrected chi connectivity index (χ1v) is 6.10. The van der Waals surface area contributed by atoms with E-state index in [2.05, 4.69) is 41.7 Å². The van der Waals surface area contributed by atoms with Crippen molar-refractivity contribution in [3.63, 3.8) is 0 Å². The number of benzene rings is 1. The van der Waals surface area contributed by atoms with Crippen LogP contribution in [-0.4, -0.2) is 4.37 Å². The lowest BCUT2D eigenvalue weighted by Crippen LogP contribution is -1.93. The summed E-state index contributed by atoms with van der Waals surface area (Å²) >= 11 is 1.32. The molecule has 1 N–H and O–H groups in total. The molecule has 0 amide bonds. The summed E-state index contributed by atoms with van der Waals surface area (Å²) in [4.78, 5) is 0. The fourth-order valence-electron chi connectivity index (χ4n) is 1.66. The first-order chi connectivity index (χ1) is 8.11. The van der Waals surface area contributed by atoms with E-state index in [0.29, 0.717) is 5.56 Å². The largest absolute Gasteiger partial charge is 0.345 e. The van der Waals surface area contributed by atoms with Crippen LogP contribution >= 0.6 is 11.5 Å². The van der Waals surface area contributed by atoms with Gasteiger partial charge in [0.2, 0.25) is 0 Å². The quantitative estimate of drug-likeness (QED) is 0.875. The van der Waals surface area contributed by atoms with Crippen LogP contribution < -0.4 is 5.32 Å². The minimum atomic E-state index is 0.634. The maximum atomic E-state index is 9.06. The molecule has 0 aliphatic heterocycles. The third-order valence-electron chi connectivity index (χ3n) is 2.60. The Morgan fingerprint density at radius 2 is 2.06 bits per heavy atom. The van der Waals surface area contributed by atoms with Crippen molar-refractivity contribution in [1.82, 2.24) is 4.37 Å². The molecule has 0 radical (unpaired) electrons. The van der Waals surface area contributed by atoms with Crippen LogP contribution in [0.4, 0.5) is 10.7 Å². The number of rotatable bonds is 2. The van der Waals surface area contributed by atoms with Gasteiger partial charge < -0.3 is 5.32 Å². The van der Waals surface area contributed by atoms with Crippen LogP contribution in [0.5, 0.6) is 0 Å². The predicted octanol–water partition coefficient (Wildman–Crippen LogP) is 3.68. The van der Waals surface area contributed by atoms with Crippen LogP contribution in [0.15, 0.2) is 18.2 Å². The Kier molecular flexibility index (Phi) is 3.12. The number of nitrogens with zero attached hydrogens (tertiary/aromatic N) is 2. The van der Waals surface area contributed by atoms with Gasteiger partial charge in [0.15, 0.2) is 0 Å². The number of aromatic nitrogens is 1. The molecule has 0 bridgehead atoms. The number of hydrogen-bond acceptors (Lipinski definition) is 4. The fourth-order valence-corrected chi connectivity index (χ4v) is 2.42. The smallest absolute Gasteiger partial charge is 0.132 e. The van der Waals surface area contributed by atoms with E-state index in [4.69, 9.17) is 5.26 Å². The number of nitriles is 1. The van der Waals surface area contributed by atoms with Crippen molar-refractivity contribution in [3.05, 3.63) is 40.6 Å². The Balaban J connectivity index is 2.35. The van der Waals surface area contributed by atoms with E-state index in [9.17, 15) is 0 Å². The van der Waals surface area contributed by atoms with E-state index in [-0.39, 0.29) is 0 Å². The highest BCUT2D eigenvalue weighted by Crippen LogP contribution is 2.28. The first-order valence-electron chi connectivity index (χ1n) is 5.32. The van der Waals surface area contributed by atoms with Gasteiger partial charge in [0.25, 0.3) is 0 Å². The lowest BCUT2D eigenvalue weighted by Gasteiger charge is -2.08. The fraction of sp³-hybridized carbons (Fsp3) is 0.231. The molecular formula is C13H13N3S. The number of anilines is 2. The molecule has 4 heteroatoms. The molecule has 2 aromatic rings. The molecule has 0 fully saturated rings. The van der Waals surface area contributed by atoms with Crippen LogP contribution in [0.25, 0.3) is 0 Å². The SMILES string of the molecule is Cc1ccc(Nc2snc(C)c2C#N)c(C)c1. The van der Waals surface area contributed by atoms with Gasteiger partial charge in [-0.15, -0.1) is 0 Å². The van der Waals surface area contributed by atoms with Gasteiger partial charge >= 0.3 is 0 Å². The first kappa shape index (κ1) is 11.6. The third-order valence-corrected chi connectivity index (χ3v) is 3.46. The lowest BCUT2D eigenvalue weighted by molar-refractivity contribution is 1.31. The van der Waals surface area contributed by atoms with Crippen molar-refractivity contribution in [2.45, 2.75) is 20.8 Å². The molecule has 17 heavy (non-hydrogen) atoms. The second kappa shape index (κ2) is 4.56. The monoisotopic (exact) mass is 243 g/mol. The number of hydrogen-bond donors (Lipinski definition) is 1. The second-order valence-corrected chi connectivity index (χ2v) is 4.80. The average molecular weight is 243 g/mol. The molecule has 2 rings (SSSR count). The van der Waals surface area contributed by atoms with Gasteiger partial charge in [-0.05, 0) is 43.9 Å². The van der Waals surface area contributed by atoms with E-state index < -0.39 is 0 Å². The molecule has 0 aliphatic carbocycles. The topological polar surface area (TPSA) is 48.7 Å². The normalized spacial score (nSPS) is 10.0. The number of aryl methyl sites for hydroxylation is 3. The van der Waals surface area contributed by atoms with Crippen molar-refractivity contribution in [3.8, 4) is 6.07 Å². The van der Waals surface area contributed by atoms with Crippen LogP contribution in [0.2, 0.25) is 0 Å². The van der Waals surface area contributed by atoms with Gasteiger partial charge in [-0.25, -0.2) is 0 Å². The van der Waals surface area contributed by atoms with Crippen molar-refractivity contribution in [2.24, 2.45) is 0 Å². The molecule has 0 spiro atoms. The summed E-state index contributed by atoms with van der Waals surface area (Å²) in [5.74, 6) is 0. The predicted molar refractivity (Wildman–Crippen MR) is 70.8 cm³/mol. The second-order valence-electron chi connectivity index (χ2n) is 4.03. The van der Waals surface area contributed by atoms with Crippen molar-refractivity contribution < 1.29 is 0 Å². The molecule has 86 valence electrons. The van der Waals surface area contributed by atoms with Crippen molar-refractivity contribution in [1.29, 1.82) is 5.26 Å². The van der Waals surface area contributed by atoms with Crippen LogP contribution in [-0.2, 0) is 0 Å². The average Bonchev–Trinajstić information content (AvgIpc) is 2.63. The highest BCUT2D eigenvalue weighted by molar-refractivity contribution is 7.10. The molecule has 1 aromatic heterocycles. The molecule has 0 atom stereocenters. The summed E-state index contributed by atoms with van der Waals surface area (Å²) in [7, 11) is 0. The molecule has 1 heterocycles. The van der Waals surface area contributed by atoms with Crippen molar-refractivity contribution in [2.75, 3.05) is 5.32 Å². The Labute approximate surface area is 105 Å². The summed E-state index contributed by atoms with van der Waals surface area (Å²) < 4.78 is 4.19. The van der Waals surface area contributed by atoms with E-state index in [1.54, 1.807) is 0 Å². The Morgan fingerprint density at radius 1 is 1.29 bits per heavy atom. The minimum absolute atomic E-state index is 0.634. The number of nitrogens with one attached hydrogen (secondary N) is 1. The molecule has 1 aromatic carbocycles. The Hall–Kier alpha value is -1.86. The van der Waals surface area contributed by atoms with Crippen molar-refractivity contribution >= 4 is 22.2 Å².